The fourth-order valence-corrected chi connectivity index (χ4v) is 4.80. The number of hydrogen-bond donors (Lipinski definition) is 1. The Morgan fingerprint density at radius 2 is 1.83 bits per heavy atom. The van der Waals surface area contributed by atoms with E-state index in [1.165, 1.54) is 12.7 Å². The van der Waals surface area contributed by atoms with E-state index >= 15 is 0 Å². The van der Waals surface area contributed by atoms with Gasteiger partial charge in [0.15, 0.2) is 5.11 Å². The van der Waals surface area contributed by atoms with Crippen LogP contribution in [0.15, 0.2) is 89.5 Å². The van der Waals surface area contributed by atoms with Gasteiger partial charge in [0, 0.05) is 17.4 Å². The van der Waals surface area contributed by atoms with Gasteiger partial charge in [-0.2, -0.15) is 0 Å². The van der Waals surface area contributed by atoms with Gasteiger partial charge < -0.3 is 19.4 Å². The van der Waals surface area contributed by atoms with Crippen LogP contribution in [0, 0.1) is 0 Å². The molecule has 2 aromatic heterocycles. The van der Waals surface area contributed by atoms with E-state index in [0.717, 1.165) is 17.8 Å². The lowest BCUT2D eigenvalue weighted by atomic mass is 10.0. The molecule has 35 heavy (non-hydrogen) atoms. The molecule has 2 atom stereocenters. The molecule has 176 valence electrons. The number of nitrogens with zero attached hydrogens (tertiary/aromatic N) is 2. The summed E-state index contributed by atoms with van der Waals surface area (Å²) in [4.78, 5) is 19.0. The van der Waals surface area contributed by atoms with Crippen LogP contribution in [0.2, 0.25) is 0 Å². The quantitative estimate of drug-likeness (QED) is 0.272. The molecule has 3 heterocycles. The maximum absolute atomic E-state index is 12.3. The number of methoxy groups -OCH3 is 1. The summed E-state index contributed by atoms with van der Waals surface area (Å²) in [6, 6.07) is 24.8. The first kappa shape index (κ1) is 22.8. The van der Waals surface area contributed by atoms with Gasteiger partial charge in [-0.3, -0.25) is 4.98 Å². The minimum absolute atomic E-state index is 0.218. The molecule has 0 radical (unpaired) electrons. The molecular weight excluding hydrogens is 458 g/mol. The number of anilines is 1. The summed E-state index contributed by atoms with van der Waals surface area (Å²) in [5.41, 5.74) is 4.21. The van der Waals surface area contributed by atoms with Crippen LogP contribution < -0.4 is 10.2 Å². The summed E-state index contributed by atoms with van der Waals surface area (Å²) in [6.45, 7) is 2.13. The number of benzene rings is 2. The normalized spacial score (nSPS) is 17.3. The molecule has 1 saturated heterocycles. The highest BCUT2D eigenvalue weighted by atomic mass is 32.1. The van der Waals surface area contributed by atoms with Gasteiger partial charge in [0.2, 0.25) is 0 Å². The van der Waals surface area contributed by atoms with Crippen LogP contribution in [0.25, 0.3) is 11.3 Å². The predicted molar refractivity (Wildman–Crippen MR) is 139 cm³/mol. The highest BCUT2D eigenvalue weighted by molar-refractivity contribution is 7.80. The molecule has 7 heteroatoms. The Labute approximate surface area is 209 Å². The zero-order valence-corrected chi connectivity index (χ0v) is 20.3. The lowest BCUT2D eigenvalue weighted by molar-refractivity contribution is 0.0601. The van der Waals surface area contributed by atoms with Gasteiger partial charge >= 0.3 is 5.97 Å². The Morgan fingerprint density at radius 1 is 1.06 bits per heavy atom. The number of hydrogen-bond acceptors (Lipinski definition) is 5. The van der Waals surface area contributed by atoms with Gasteiger partial charge in [0.25, 0.3) is 0 Å². The number of pyridine rings is 1. The largest absolute Gasteiger partial charge is 0.465 e. The van der Waals surface area contributed by atoms with Crippen LogP contribution in [0.5, 0.6) is 0 Å². The summed E-state index contributed by atoms with van der Waals surface area (Å²) in [7, 11) is 1.37. The third-order valence-electron chi connectivity index (χ3n) is 6.24. The number of carbonyl (C=O) groups excluding carboxylic acids is 1. The van der Waals surface area contributed by atoms with Crippen LogP contribution in [0.1, 0.15) is 46.4 Å². The molecule has 0 saturated carbocycles. The molecule has 4 aromatic rings. The van der Waals surface area contributed by atoms with E-state index in [0.29, 0.717) is 27.8 Å². The average Bonchev–Trinajstić information content (AvgIpc) is 3.53. The number of thiocarbonyl (C=S) groups is 1. The topological polar surface area (TPSA) is 67.6 Å². The molecule has 0 spiro atoms. The summed E-state index contributed by atoms with van der Waals surface area (Å²) in [6.07, 6.45) is 2.74. The molecule has 0 unspecified atom stereocenters. The molecule has 6 nitrogen and oxygen atoms in total. The van der Waals surface area contributed by atoms with Crippen LogP contribution in [-0.2, 0) is 11.2 Å². The van der Waals surface area contributed by atoms with Crippen molar-refractivity contribution in [2.45, 2.75) is 25.4 Å². The molecule has 1 aliphatic rings. The van der Waals surface area contributed by atoms with Crippen LogP contribution in [0.4, 0.5) is 5.69 Å². The van der Waals surface area contributed by atoms with E-state index in [4.69, 9.17) is 21.4 Å². The fraction of sp³-hybridized carbons (Fsp3) is 0.179. The molecule has 0 amide bonds. The number of rotatable bonds is 6. The summed E-state index contributed by atoms with van der Waals surface area (Å²) >= 11 is 5.79. The van der Waals surface area contributed by atoms with Crippen LogP contribution in [0.3, 0.4) is 0 Å². The van der Waals surface area contributed by atoms with Crippen molar-refractivity contribution in [3.63, 3.8) is 0 Å². The molecule has 1 aliphatic heterocycles. The Morgan fingerprint density at radius 3 is 2.54 bits per heavy atom. The van der Waals surface area contributed by atoms with Gasteiger partial charge in [0.05, 0.1) is 24.4 Å². The Bertz CT molecular complexity index is 1350. The molecule has 0 bridgehead atoms. The highest BCUT2D eigenvalue weighted by Crippen LogP contribution is 2.43. The third-order valence-corrected chi connectivity index (χ3v) is 6.55. The summed E-state index contributed by atoms with van der Waals surface area (Å²) in [5.74, 6) is 0.883. The smallest absolute Gasteiger partial charge is 0.338 e. The maximum atomic E-state index is 12.3. The number of aryl methyl sites for hydroxylation is 1. The zero-order chi connectivity index (χ0) is 24.4. The second-order valence-electron chi connectivity index (χ2n) is 8.26. The second kappa shape index (κ2) is 9.72. The Balaban J connectivity index is 1.59. The summed E-state index contributed by atoms with van der Waals surface area (Å²) in [5, 5.41) is 4.04. The summed E-state index contributed by atoms with van der Waals surface area (Å²) < 4.78 is 11.4. The van der Waals surface area contributed by atoms with Gasteiger partial charge in [-0.15, -0.1) is 0 Å². The van der Waals surface area contributed by atoms with Crippen LogP contribution >= 0.6 is 12.2 Å². The minimum Gasteiger partial charge on any atom is -0.465 e. The first-order chi connectivity index (χ1) is 17.1. The van der Waals surface area contributed by atoms with Gasteiger partial charge in [-0.25, -0.2) is 4.79 Å². The first-order valence-corrected chi connectivity index (χ1v) is 11.9. The molecule has 1 N–H and O–H groups in total. The standard InChI is InChI=1S/C28H25N3O3S/c1-3-18-11-13-19(14-12-18)31-26(25(30-28(31)35)22-10-6-7-17-29-22)24-16-15-23(34-24)20-8-4-5-9-21(20)27(32)33-2/h4-17,25-26H,3H2,1-2H3,(H,30,35)/t25-,26+/m0/s1. The van der Waals surface area contributed by atoms with Crippen molar-refractivity contribution in [3.8, 4) is 11.3 Å². The first-order valence-electron chi connectivity index (χ1n) is 11.5. The van der Waals surface area contributed by atoms with Crippen molar-refractivity contribution in [1.29, 1.82) is 0 Å². The molecular formula is C28H25N3O3S. The van der Waals surface area contributed by atoms with Gasteiger partial charge in [0.1, 0.15) is 17.6 Å². The van der Waals surface area contributed by atoms with E-state index in [9.17, 15) is 4.79 Å². The SMILES string of the molecule is CCc1ccc(N2C(=S)N[C@@H](c3ccccn3)[C@H]2c2ccc(-c3ccccc3C(=O)OC)o2)cc1. The average molecular weight is 484 g/mol. The van der Waals surface area contributed by atoms with E-state index in [-0.39, 0.29) is 12.1 Å². The number of aromatic nitrogens is 1. The fourth-order valence-electron chi connectivity index (χ4n) is 4.46. The van der Waals surface area contributed by atoms with Crippen molar-refractivity contribution < 1.29 is 13.9 Å². The van der Waals surface area contributed by atoms with Crippen molar-refractivity contribution in [3.05, 3.63) is 108 Å². The van der Waals surface area contributed by atoms with Gasteiger partial charge in [-0.1, -0.05) is 43.3 Å². The lowest BCUT2D eigenvalue weighted by Crippen LogP contribution is -2.29. The number of nitrogens with one attached hydrogen (secondary N) is 1. The third kappa shape index (κ3) is 4.31. The van der Waals surface area contributed by atoms with Crippen molar-refractivity contribution >= 4 is 29.0 Å². The lowest BCUT2D eigenvalue weighted by Gasteiger charge is -2.26. The maximum Gasteiger partial charge on any atom is 0.338 e. The molecule has 1 fully saturated rings. The molecule has 5 rings (SSSR count). The number of esters is 1. The van der Waals surface area contributed by atoms with E-state index in [1.807, 2.05) is 42.5 Å². The monoisotopic (exact) mass is 483 g/mol. The van der Waals surface area contributed by atoms with Crippen LogP contribution in [-0.4, -0.2) is 23.2 Å². The highest BCUT2D eigenvalue weighted by Gasteiger charge is 2.42. The number of furan rings is 1. The van der Waals surface area contributed by atoms with Crippen molar-refractivity contribution in [2.75, 3.05) is 12.0 Å². The second-order valence-corrected chi connectivity index (χ2v) is 8.64. The molecule has 2 aromatic carbocycles. The van der Waals surface area contributed by atoms with Crippen molar-refractivity contribution in [2.24, 2.45) is 0 Å². The van der Waals surface area contributed by atoms with E-state index in [2.05, 4.69) is 46.4 Å². The number of carbonyl (C=O) groups is 1. The number of ether oxygens (including phenoxy) is 1. The van der Waals surface area contributed by atoms with Gasteiger partial charge in [-0.05, 0) is 66.7 Å². The minimum atomic E-state index is -0.411. The Kier molecular flexibility index (Phi) is 6.33. The predicted octanol–water partition coefficient (Wildman–Crippen LogP) is 5.87. The van der Waals surface area contributed by atoms with E-state index in [1.54, 1.807) is 18.3 Å². The van der Waals surface area contributed by atoms with Crippen molar-refractivity contribution in [1.82, 2.24) is 10.3 Å². The van der Waals surface area contributed by atoms with E-state index < -0.39 is 5.97 Å². The zero-order valence-electron chi connectivity index (χ0n) is 19.5. The Hall–Kier alpha value is -3.97. The molecule has 0 aliphatic carbocycles.